The summed E-state index contributed by atoms with van der Waals surface area (Å²) in [6, 6.07) is 0. The van der Waals surface area contributed by atoms with Crippen LogP contribution in [0.1, 0.15) is 12.8 Å². The van der Waals surface area contributed by atoms with Gasteiger partial charge >= 0.3 is 0 Å². The van der Waals surface area contributed by atoms with Crippen molar-refractivity contribution in [1.82, 2.24) is 10.2 Å². The topological polar surface area (TPSA) is 41.6 Å². The van der Waals surface area contributed by atoms with Crippen LogP contribution in [0.4, 0.5) is 0 Å². The summed E-state index contributed by atoms with van der Waals surface area (Å²) in [7, 11) is 1.63. The van der Waals surface area contributed by atoms with Gasteiger partial charge in [-0.25, -0.2) is 0 Å². The fourth-order valence-corrected chi connectivity index (χ4v) is 1.49. The molecule has 1 amide bonds. The number of hydrogen-bond acceptors (Lipinski definition) is 3. The Kier molecular flexibility index (Phi) is 4.78. The molecule has 4 nitrogen and oxygen atoms in total. The molecule has 0 bridgehead atoms. The monoisotopic (exact) mass is 186 g/mol. The van der Waals surface area contributed by atoms with E-state index in [4.69, 9.17) is 4.74 Å². The maximum absolute atomic E-state index is 11.3. The molecule has 0 aliphatic carbocycles. The van der Waals surface area contributed by atoms with E-state index in [0.29, 0.717) is 19.7 Å². The molecular weight excluding hydrogens is 168 g/mol. The van der Waals surface area contributed by atoms with Gasteiger partial charge in [-0.05, 0) is 25.9 Å². The number of carbonyl (C=O) groups excluding carboxylic acids is 1. The van der Waals surface area contributed by atoms with Gasteiger partial charge in [0.1, 0.15) is 0 Å². The maximum atomic E-state index is 11.3. The molecule has 13 heavy (non-hydrogen) atoms. The molecule has 1 rings (SSSR count). The number of hydrogen-bond donors (Lipinski definition) is 1. The molecule has 76 valence electrons. The van der Waals surface area contributed by atoms with Crippen molar-refractivity contribution < 1.29 is 9.53 Å². The SMILES string of the molecule is COCCNC(=O)CN1CCCC1. The molecule has 1 aliphatic rings. The fourth-order valence-electron chi connectivity index (χ4n) is 1.49. The highest BCUT2D eigenvalue weighted by molar-refractivity contribution is 5.77. The van der Waals surface area contributed by atoms with Crippen LogP contribution in [0.5, 0.6) is 0 Å². The number of nitrogens with one attached hydrogen (secondary N) is 1. The van der Waals surface area contributed by atoms with Gasteiger partial charge in [0, 0.05) is 13.7 Å². The quantitative estimate of drug-likeness (QED) is 0.607. The van der Waals surface area contributed by atoms with Gasteiger partial charge in [-0.1, -0.05) is 0 Å². The third-order valence-corrected chi connectivity index (χ3v) is 2.19. The van der Waals surface area contributed by atoms with Crippen LogP contribution in [-0.4, -0.2) is 50.7 Å². The molecule has 0 unspecified atom stereocenters. The van der Waals surface area contributed by atoms with Crippen molar-refractivity contribution in [2.24, 2.45) is 0 Å². The summed E-state index contributed by atoms with van der Waals surface area (Å²) in [5.41, 5.74) is 0. The summed E-state index contributed by atoms with van der Waals surface area (Å²) in [6.45, 7) is 3.88. The summed E-state index contributed by atoms with van der Waals surface area (Å²) in [5.74, 6) is 0.110. The molecule has 4 heteroatoms. The van der Waals surface area contributed by atoms with E-state index in [0.717, 1.165) is 13.1 Å². The zero-order valence-corrected chi connectivity index (χ0v) is 8.21. The van der Waals surface area contributed by atoms with E-state index in [1.165, 1.54) is 12.8 Å². The highest BCUT2D eigenvalue weighted by atomic mass is 16.5. The van der Waals surface area contributed by atoms with Crippen LogP contribution in [0.3, 0.4) is 0 Å². The van der Waals surface area contributed by atoms with Gasteiger partial charge in [0.2, 0.25) is 5.91 Å². The average Bonchev–Trinajstić information content (AvgIpc) is 2.57. The van der Waals surface area contributed by atoms with Crippen molar-refractivity contribution >= 4 is 5.91 Å². The average molecular weight is 186 g/mol. The first-order valence-electron chi connectivity index (χ1n) is 4.81. The van der Waals surface area contributed by atoms with Crippen LogP contribution in [-0.2, 0) is 9.53 Å². The first kappa shape index (κ1) is 10.5. The zero-order valence-electron chi connectivity index (χ0n) is 8.21. The van der Waals surface area contributed by atoms with Crippen LogP contribution in [0, 0.1) is 0 Å². The van der Waals surface area contributed by atoms with E-state index < -0.39 is 0 Å². The van der Waals surface area contributed by atoms with Crippen LogP contribution in [0.2, 0.25) is 0 Å². The molecule has 1 fully saturated rings. The number of nitrogens with zero attached hydrogens (tertiary/aromatic N) is 1. The van der Waals surface area contributed by atoms with Crippen molar-refractivity contribution in [1.29, 1.82) is 0 Å². The van der Waals surface area contributed by atoms with Crippen LogP contribution >= 0.6 is 0 Å². The van der Waals surface area contributed by atoms with Gasteiger partial charge in [-0.15, -0.1) is 0 Å². The van der Waals surface area contributed by atoms with E-state index in [1.54, 1.807) is 7.11 Å². The van der Waals surface area contributed by atoms with Gasteiger partial charge in [-0.2, -0.15) is 0 Å². The lowest BCUT2D eigenvalue weighted by Crippen LogP contribution is -2.37. The molecule has 0 saturated carbocycles. The second kappa shape index (κ2) is 5.94. The summed E-state index contributed by atoms with van der Waals surface area (Å²) < 4.78 is 4.83. The highest BCUT2D eigenvalue weighted by Crippen LogP contribution is 2.05. The van der Waals surface area contributed by atoms with E-state index in [-0.39, 0.29) is 5.91 Å². The van der Waals surface area contributed by atoms with Crippen LogP contribution < -0.4 is 5.32 Å². The normalized spacial score (nSPS) is 17.6. The van der Waals surface area contributed by atoms with E-state index >= 15 is 0 Å². The molecule has 1 aliphatic heterocycles. The Balaban J connectivity index is 2.02. The Bertz CT molecular complexity index is 156. The maximum Gasteiger partial charge on any atom is 0.234 e. The number of ether oxygens (including phenoxy) is 1. The second-order valence-corrected chi connectivity index (χ2v) is 3.33. The molecule has 1 heterocycles. The zero-order chi connectivity index (χ0) is 9.52. The smallest absolute Gasteiger partial charge is 0.234 e. The van der Waals surface area contributed by atoms with Crippen molar-refractivity contribution in [3.05, 3.63) is 0 Å². The Labute approximate surface area is 79.2 Å². The van der Waals surface area contributed by atoms with Gasteiger partial charge in [0.25, 0.3) is 0 Å². The van der Waals surface area contributed by atoms with E-state index in [1.807, 2.05) is 0 Å². The van der Waals surface area contributed by atoms with Crippen molar-refractivity contribution in [2.45, 2.75) is 12.8 Å². The summed E-state index contributed by atoms with van der Waals surface area (Å²) in [6.07, 6.45) is 2.46. The number of rotatable bonds is 5. The minimum Gasteiger partial charge on any atom is -0.383 e. The van der Waals surface area contributed by atoms with Crippen LogP contribution in [0.25, 0.3) is 0 Å². The third-order valence-electron chi connectivity index (χ3n) is 2.19. The summed E-state index contributed by atoms with van der Waals surface area (Å²) in [4.78, 5) is 13.4. The third kappa shape index (κ3) is 4.24. The minimum absolute atomic E-state index is 0.110. The number of carbonyl (C=O) groups is 1. The lowest BCUT2D eigenvalue weighted by Gasteiger charge is -2.13. The van der Waals surface area contributed by atoms with Gasteiger partial charge in [-0.3, -0.25) is 9.69 Å². The van der Waals surface area contributed by atoms with E-state index in [2.05, 4.69) is 10.2 Å². The Hall–Kier alpha value is -0.610. The van der Waals surface area contributed by atoms with Crippen molar-refractivity contribution in [2.75, 3.05) is 39.9 Å². The molecule has 0 spiro atoms. The van der Waals surface area contributed by atoms with Crippen molar-refractivity contribution in [3.8, 4) is 0 Å². The standard InChI is InChI=1S/C9H18N2O2/c1-13-7-4-10-9(12)8-11-5-2-3-6-11/h2-8H2,1H3,(H,10,12). The molecular formula is C9H18N2O2. The summed E-state index contributed by atoms with van der Waals surface area (Å²) in [5, 5.41) is 2.80. The Morgan fingerprint density at radius 2 is 2.15 bits per heavy atom. The van der Waals surface area contributed by atoms with Gasteiger partial charge in [0.05, 0.1) is 13.2 Å². The van der Waals surface area contributed by atoms with Crippen LogP contribution in [0.15, 0.2) is 0 Å². The minimum atomic E-state index is 0.110. The van der Waals surface area contributed by atoms with Crippen molar-refractivity contribution in [3.63, 3.8) is 0 Å². The van der Waals surface area contributed by atoms with Gasteiger partial charge in [0.15, 0.2) is 0 Å². The predicted molar refractivity (Wildman–Crippen MR) is 50.6 cm³/mol. The molecule has 1 N–H and O–H groups in total. The summed E-state index contributed by atoms with van der Waals surface area (Å²) >= 11 is 0. The molecule has 0 aromatic rings. The predicted octanol–water partition coefficient (Wildman–Crippen LogP) is -0.155. The number of amides is 1. The molecule has 0 aromatic heterocycles. The first-order valence-corrected chi connectivity index (χ1v) is 4.81. The lowest BCUT2D eigenvalue weighted by molar-refractivity contribution is -0.122. The first-order chi connectivity index (χ1) is 6.33. The largest absolute Gasteiger partial charge is 0.383 e. The second-order valence-electron chi connectivity index (χ2n) is 3.33. The Morgan fingerprint density at radius 3 is 2.77 bits per heavy atom. The molecule has 0 atom stereocenters. The van der Waals surface area contributed by atoms with E-state index in [9.17, 15) is 4.79 Å². The number of methoxy groups -OCH3 is 1. The molecule has 0 radical (unpaired) electrons. The van der Waals surface area contributed by atoms with Gasteiger partial charge < -0.3 is 10.1 Å². The lowest BCUT2D eigenvalue weighted by atomic mass is 10.4. The highest BCUT2D eigenvalue weighted by Gasteiger charge is 2.14. The number of likely N-dealkylation sites (tertiary alicyclic amines) is 1. The molecule has 0 aromatic carbocycles. The molecule has 1 saturated heterocycles. The fraction of sp³-hybridized carbons (Fsp3) is 0.889. The Morgan fingerprint density at radius 1 is 1.46 bits per heavy atom.